The number of benzene rings is 2. The molecular weight excluding hydrogens is 480 g/mol. The van der Waals surface area contributed by atoms with Gasteiger partial charge in [-0.1, -0.05) is 6.07 Å². The summed E-state index contributed by atoms with van der Waals surface area (Å²) in [4.78, 5) is 40.7. The van der Waals surface area contributed by atoms with Crippen molar-refractivity contribution in [3.05, 3.63) is 53.6 Å². The van der Waals surface area contributed by atoms with Gasteiger partial charge in [0.15, 0.2) is 12.2 Å². The summed E-state index contributed by atoms with van der Waals surface area (Å²) in [5, 5.41) is 19.8. The third kappa shape index (κ3) is 5.03. The van der Waals surface area contributed by atoms with Crippen LogP contribution in [0.25, 0.3) is 0 Å². The lowest BCUT2D eigenvalue weighted by molar-refractivity contribution is -0.150. The molecule has 4 rings (SSSR count). The predicted octanol–water partition coefficient (Wildman–Crippen LogP) is 0.343. The second-order valence-corrected chi connectivity index (χ2v) is 8.06. The van der Waals surface area contributed by atoms with Gasteiger partial charge in [0.05, 0.1) is 24.5 Å². The molecule has 2 aliphatic heterocycles. The Morgan fingerprint density at radius 1 is 1.11 bits per heavy atom. The number of aliphatic hydroxyl groups is 1. The highest BCUT2D eigenvalue weighted by atomic mass is 19.1. The zero-order valence-corrected chi connectivity index (χ0v) is 18.9. The van der Waals surface area contributed by atoms with E-state index in [2.05, 4.69) is 0 Å². The average molecular weight is 503 g/mol. The van der Waals surface area contributed by atoms with Crippen LogP contribution in [0.3, 0.4) is 0 Å². The highest BCUT2D eigenvalue weighted by molar-refractivity contribution is 6.04. The number of nitrogen functional groups attached to an aromatic ring is 1. The monoisotopic (exact) mass is 503 g/mol. The standard InChI is InChI=1S/C23H23F2N5O6/c24-15-10-17(16(25)9-14(15)21(26)27)28-22(33)19(32)20-23(34)30(5-7-36-20)13-3-1-2-12(8-13)29-4-6-35-11-18(29)31/h1-3,8-10,19-20,32H,4-7,11H2,(H3,26,27)(H,28,33)/t19-,20-/m1/s1. The molecule has 0 aromatic heterocycles. The van der Waals surface area contributed by atoms with Crippen molar-refractivity contribution in [2.75, 3.05) is 48.0 Å². The molecule has 0 aliphatic carbocycles. The van der Waals surface area contributed by atoms with Crippen LogP contribution in [-0.4, -0.2) is 73.8 Å². The van der Waals surface area contributed by atoms with E-state index in [9.17, 15) is 28.3 Å². The first-order valence-electron chi connectivity index (χ1n) is 10.9. The van der Waals surface area contributed by atoms with E-state index in [1.54, 1.807) is 24.3 Å². The van der Waals surface area contributed by atoms with Gasteiger partial charge in [0, 0.05) is 30.5 Å². The molecule has 36 heavy (non-hydrogen) atoms. The molecule has 2 heterocycles. The first-order valence-corrected chi connectivity index (χ1v) is 10.9. The number of aliphatic hydroxyl groups excluding tert-OH is 1. The molecule has 0 unspecified atom stereocenters. The Morgan fingerprint density at radius 2 is 1.81 bits per heavy atom. The number of hydrogen-bond acceptors (Lipinski definition) is 7. The Labute approximate surface area is 203 Å². The Balaban J connectivity index is 1.49. The number of carbonyl (C=O) groups excluding carboxylic acids is 3. The van der Waals surface area contributed by atoms with Gasteiger partial charge in [0.1, 0.15) is 24.1 Å². The summed E-state index contributed by atoms with van der Waals surface area (Å²) in [6, 6.07) is 7.89. The van der Waals surface area contributed by atoms with E-state index in [-0.39, 0.29) is 25.7 Å². The maximum atomic E-state index is 14.3. The van der Waals surface area contributed by atoms with Crippen LogP contribution < -0.4 is 20.9 Å². The molecule has 2 aliphatic rings. The van der Waals surface area contributed by atoms with Gasteiger partial charge in [-0.15, -0.1) is 0 Å². The fraction of sp³-hybridized carbons (Fsp3) is 0.304. The van der Waals surface area contributed by atoms with Crippen molar-refractivity contribution in [2.24, 2.45) is 5.73 Å². The Bertz CT molecular complexity index is 1230. The molecule has 2 saturated heterocycles. The SMILES string of the molecule is N=C(N)c1cc(F)c(NC(=O)[C@H](O)[C@H]2OCCN(c3cccc(N4CCOCC4=O)c3)C2=O)cc1F. The van der Waals surface area contributed by atoms with Crippen LogP contribution in [-0.2, 0) is 23.9 Å². The number of halogens is 2. The minimum Gasteiger partial charge on any atom is -0.384 e. The van der Waals surface area contributed by atoms with Crippen LogP contribution in [0, 0.1) is 17.0 Å². The van der Waals surface area contributed by atoms with Crippen LogP contribution in [0.1, 0.15) is 5.56 Å². The van der Waals surface area contributed by atoms with Crippen molar-refractivity contribution >= 4 is 40.6 Å². The van der Waals surface area contributed by atoms with E-state index < -0.39 is 52.7 Å². The Kier molecular flexibility index (Phi) is 7.24. The van der Waals surface area contributed by atoms with E-state index >= 15 is 0 Å². The average Bonchev–Trinajstić information content (AvgIpc) is 2.86. The summed E-state index contributed by atoms with van der Waals surface area (Å²) in [5.74, 6) is -4.99. The van der Waals surface area contributed by atoms with Crippen molar-refractivity contribution in [2.45, 2.75) is 12.2 Å². The Morgan fingerprint density at radius 3 is 2.50 bits per heavy atom. The summed E-state index contributed by atoms with van der Waals surface area (Å²) in [6.07, 6.45) is -3.66. The molecular formula is C23H23F2N5O6. The number of nitrogens with one attached hydrogen (secondary N) is 2. The Hall–Kier alpha value is -3.94. The molecule has 0 radical (unpaired) electrons. The minimum absolute atomic E-state index is 0.0161. The zero-order chi connectivity index (χ0) is 26.0. The third-order valence-electron chi connectivity index (χ3n) is 5.72. The molecule has 13 heteroatoms. The molecule has 11 nitrogen and oxygen atoms in total. The van der Waals surface area contributed by atoms with E-state index in [0.717, 1.165) is 0 Å². The smallest absolute Gasteiger partial charge is 0.259 e. The van der Waals surface area contributed by atoms with Gasteiger partial charge >= 0.3 is 0 Å². The van der Waals surface area contributed by atoms with Gasteiger partial charge in [0.2, 0.25) is 0 Å². The quantitative estimate of drug-likeness (QED) is 0.327. The van der Waals surface area contributed by atoms with Crippen LogP contribution >= 0.6 is 0 Å². The van der Waals surface area contributed by atoms with Crippen LogP contribution in [0.5, 0.6) is 0 Å². The summed E-state index contributed by atoms with van der Waals surface area (Å²) >= 11 is 0. The van der Waals surface area contributed by atoms with E-state index in [1.165, 1.54) is 9.80 Å². The fourth-order valence-corrected chi connectivity index (χ4v) is 3.90. The van der Waals surface area contributed by atoms with Gasteiger partial charge in [-0.3, -0.25) is 19.8 Å². The van der Waals surface area contributed by atoms with Crippen molar-refractivity contribution in [1.29, 1.82) is 5.41 Å². The molecule has 2 atom stereocenters. The molecule has 190 valence electrons. The molecule has 2 fully saturated rings. The second kappa shape index (κ2) is 10.4. The number of morpholine rings is 2. The van der Waals surface area contributed by atoms with Crippen LogP contribution in [0.15, 0.2) is 36.4 Å². The maximum absolute atomic E-state index is 14.3. The van der Waals surface area contributed by atoms with Crippen molar-refractivity contribution in [1.82, 2.24) is 0 Å². The number of carbonyl (C=O) groups is 3. The number of amides is 3. The van der Waals surface area contributed by atoms with Gasteiger partial charge in [0.25, 0.3) is 17.7 Å². The molecule has 5 N–H and O–H groups in total. The molecule has 2 aromatic rings. The van der Waals surface area contributed by atoms with Crippen molar-refractivity contribution in [3.8, 4) is 0 Å². The zero-order valence-electron chi connectivity index (χ0n) is 18.9. The lowest BCUT2D eigenvalue weighted by Crippen LogP contribution is -2.55. The second-order valence-electron chi connectivity index (χ2n) is 8.06. The van der Waals surface area contributed by atoms with Crippen LogP contribution in [0.2, 0.25) is 0 Å². The highest BCUT2D eigenvalue weighted by Crippen LogP contribution is 2.27. The molecule has 0 saturated carbocycles. The minimum atomic E-state index is -2.04. The van der Waals surface area contributed by atoms with Crippen molar-refractivity contribution < 1.29 is 37.7 Å². The number of amidine groups is 1. The molecule has 2 aromatic carbocycles. The highest BCUT2D eigenvalue weighted by Gasteiger charge is 2.40. The first-order chi connectivity index (χ1) is 17.2. The molecule has 0 spiro atoms. The number of nitrogens with two attached hydrogens (primary N) is 1. The first kappa shape index (κ1) is 25.2. The normalized spacial score (nSPS) is 19.2. The van der Waals surface area contributed by atoms with E-state index in [4.69, 9.17) is 20.6 Å². The van der Waals surface area contributed by atoms with Gasteiger partial charge in [-0.05, 0) is 24.3 Å². The summed E-state index contributed by atoms with van der Waals surface area (Å²) < 4.78 is 38.8. The predicted molar refractivity (Wildman–Crippen MR) is 124 cm³/mol. The topological polar surface area (TPSA) is 158 Å². The fourth-order valence-electron chi connectivity index (χ4n) is 3.90. The third-order valence-corrected chi connectivity index (χ3v) is 5.72. The summed E-state index contributed by atoms with van der Waals surface area (Å²) in [6.45, 7) is 0.781. The number of rotatable bonds is 6. The number of nitrogens with zero attached hydrogens (tertiary/aromatic N) is 2. The molecule has 3 amide bonds. The molecule has 0 bridgehead atoms. The number of hydrogen-bond donors (Lipinski definition) is 4. The summed E-state index contributed by atoms with van der Waals surface area (Å²) in [7, 11) is 0. The van der Waals surface area contributed by atoms with E-state index in [0.29, 0.717) is 36.7 Å². The largest absolute Gasteiger partial charge is 0.384 e. The van der Waals surface area contributed by atoms with Crippen molar-refractivity contribution in [3.63, 3.8) is 0 Å². The van der Waals surface area contributed by atoms with E-state index in [1.807, 2.05) is 5.32 Å². The number of ether oxygens (including phenoxy) is 2. The maximum Gasteiger partial charge on any atom is 0.259 e. The van der Waals surface area contributed by atoms with Gasteiger partial charge < -0.3 is 35.4 Å². The lowest BCUT2D eigenvalue weighted by Gasteiger charge is -2.35. The lowest BCUT2D eigenvalue weighted by atomic mass is 10.1. The van der Waals surface area contributed by atoms with Crippen LogP contribution in [0.4, 0.5) is 25.8 Å². The summed E-state index contributed by atoms with van der Waals surface area (Å²) in [5.41, 5.74) is 5.06. The number of anilines is 3. The van der Waals surface area contributed by atoms with Gasteiger partial charge in [-0.25, -0.2) is 8.78 Å². The van der Waals surface area contributed by atoms with Gasteiger partial charge in [-0.2, -0.15) is 0 Å².